The number of carbonyl (C=O) groups is 2. The molecule has 166 valence electrons. The Morgan fingerprint density at radius 1 is 1.19 bits per heavy atom. The summed E-state index contributed by atoms with van der Waals surface area (Å²) in [6, 6.07) is 5.50. The van der Waals surface area contributed by atoms with Crippen molar-refractivity contribution >= 4 is 40.6 Å². The zero-order valence-corrected chi connectivity index (χ0v) is 19.0. The number of hydrogen-bond donors (Lipinski definition) is 2. The van der Waals surface area contributed by atoms with E-state index >= 15 is 0 Å². The number of nitrogens with two attached hydrogens (primary N) is 1. The number of piperazine rings is 1. The predicted molar refractivity (Wildman–Crippen MR) is 122 cm³/mol. The second kappa shape index (κ2) is 9.49. The number of amides is 2. The van der Waals surface area contributed by atoms with E-state index in [4.69, 9.17) is 17.3 Å². The summed E-state index contributed by atoms with van der Waals surface area (Å²) in [7, 11) is 5.52. The maximum atomic E-state index is 12.9. The van der Waals surface area contributed by atoms with Gasteiger partial charge in [0, 0.05) is 51.6 Å². The standard InChI is InChI=1S/C21H28ClN7O2/c1-5-15-18(22)26-20(17(25-15)19(23)30)24-13-6-7-16(14(12-13)21(31)27(2)3)29-10-8-28(4)9-11-29/h6-7,12H,5,8-11H2,1-4H3,(H2,23,30)(H,24,26). The molecule has 0 saturated carbocycles. The molecule has 3 rings (SSSR count). The van der Waals surface area contributed by atoms with Gasteiger partial charge in [0.05, 0.1) is 11.3 Å². The number of benzene rings is 1. The highest BCUT2D eigenvalue weighted by Gasteiger charge is 2.23. The summed E-state index contributed by atoms with van der Waals surface area (Å²) in [5.74, 6) is -0.663. The van der Waals surface area contributed by atoms with Gasteiger partial charge in [-0.25, -0.2) is 9.97 Å². The Morgan fingerprint density at radius 3 is 2.45 bits per heavy atom. The van der Waals surface area contributed by atoms with Crippen molar-refractivity contribution in [2.24, 2.45) is 5.73 Å². The van der Waals surface area contributed by atoms with Crippen LogP contribution in [-0.2, 0) is 6.42 Å². The monoisotopic (exact) mass is 445 g/mol. The van der Waals surface area contributed by atoms with Crippen LogP contribution in [0.2, 0.25) is 5.15 Å². The van der Waals surface area contributed by atoms with Crippen LogP contribution in [0.1, 0.15) is 33.5 Å². The molecule has 1 saturated heterocycles. The summed E-state index contributed by atoms with van der Waals surface area (Å²) in [5, 5.41) is 3.26. The van der Waals surface area contributed by atoms with Crippen LogP contribution in [0.15, 0.2) is 18.2 Å². The molecule has 0 bridgehead atoms. The Kier molecular flexibility index (Phi) is 6.97. The fourth-order valence-electron chi connectivity index (χ4n) is 3.42. The van der Waals surface area contributed by atoms with E-state index in [2.05, 4.69) is 32.1 Å². The van der Waals surface area contributed by atoms with Crippen molar-refractivity contribution in [3.8, 4) is 0 Å². The maximum Gasteiger partial charge on any atom is 0.271 e. The van der Waals surface area contributed by atoms with E-state index in [1.807, 2.05) is 19.1 Å². The van der Waals surface area contributed by atoms with E-state index in [-0.39, 0.29) is 22.6 Å². The molecule has 2 amide bonds. The van der Waals surface area contributed by atoms with E-state index in [9.17, 15) is 9.59 Å². The smallest absolute Gasteiger partial charge is 0.271 e. The third-order valence-electron chi connectivity index (χ3n) is 5.23. The molecule has 1 aromatic heterocycles. The Labute approximate surface area is 187 Å². The van der Waals surface area contributed by atoms with Crippen molar-refractivity contribution in [1.82, 2.24) is 19.8 Å². The van der Waals surface area contributed by atoms with Crippen LogP contribution in [0.4, 0.5) is 17.2 Å². The molecule has 1 aliphatic rings. The van der Waals surface area contributed by atoms with Gasteiger partial charge in [-0.3, -0.25) is 9.59 Å². The van der Waals surface area contributed by atoms with Crippen LogP contribution in [0.25, 0.3) is 0 Å². The lowest BCUT2D eigenvalue weighted by atomic mass is 10.1. The fraction of sp³-hybridized carbons (Fsp3) is 0.429. The molecule has 2 heterocycles. The molecule has 0 atom stereocenters. The zero-order valence-electron chi connectivity index (χ0n) is 18.3. The number of aromatic nitrogens is 2. The first kappa shape index (κ1) is 22.8. The summed E-state index contributed by atoms with van der Waals surface area (Å²) in [6.45, 7) is 5.39. The van der Waals surface area contributed by atoms with E-state index in [0.29, 0.717) is 23.4 Å². The van der Waals surface area contributed by atoms with Gasteiger partial charge in [-0.15, -0.1) is 0 Å². The quantitative estimate of drug-likeness (QED) is 0.699. The highest BCUT2D eigenvalue weighted by molar-refractivity contribution is 6.30. The summed E-state index contributed by atoms with van der Waals surface area (Å²) in [4.78, 5) is 39.4. The number of hydrogen-bond acceptors (Lipinski definition) is 7. The zero-order chi connectivity index (χ0) is 22.7. The molecule has 2 aromatic rings. The van der Waals surface area contributed by atoms with Crippen molar-refractivity contribution < 1.29 is 9.59 Å². The first-order valence-electron chi connectivity index (χ1n) is 10.1. The molecular weight excluding hydrogens is 418 g/mol. The molecule has 1 aromatic carbocycles. The molecule has 1 fully saturated rings. The van der Waals surface area contributed by atoms with Crippen LogP contribution in [0.3, 0.4) is 0 Å². The van der Waals surface area contributed by atoms with Crippen LogP contribution in [0, 0.1) is 0 Å². The van der Waals surface area contributed by atoms with Gasteiger partial charge in [-0.05, 0) is 31.7 Å². The number of nitrogens with zero attached hydrogens (tertiary/aromatic N) is 5. The molecule has 0 unspecified atom stereocenters. The first-order valence-corrected chi connectivity index (χ1v) is 10.5. The van der Waals surface area contributed by atoms with Crippen molar-refractivity contribution in [2.45, 2.75) is 13.3 Å². The summed E-state index contributed by atoms with van der Waals surface area (Å²) < 4.78 is 0. The number of carbonyl (C=O) groups excluding carboxylic acids is 2. The van der Waals surface area contributed by atoms with Crippen molar-refractivity contribution in [2.75, 3.05) is 57.5 Å². The number of halogens is 1. The predicted octanol–water partition coefficient (Wildman–Crippen LogP) is 1.99. The largest absolute Gasteiger partial charge is 0.368 e. The van der Waals surface area contributed by atoms with Crippen molar-refractivity contribution in [3.05, 3.63) is 40.3 Å². The number of rotatable bonds is 6. The Morgan fingerprint density at radius 2 is 1.87 bits per heavy atom. The van der Waals surface area contributed by atoms with Crippen LogP contribution < -0.4 is 16.0 Å². The fourth-order valence-corrected chi connectivity index (χ4v) is 3.68. The molecule has 9 nitrogen and oxygen atoms in total. The number of likely N-dealkylation sites (N-methyl/N-ethyl adjacent to an activating group) is 1. The molecule has 31 heavy (non-hydrogen) atoms. The highest BCUT2D eigenvalue weighted by atomic mass is 35.5. The lowest BCUT2D eigenvalue weighted by Crippen LogP contribution is -2.45. The molecule has 3 N–H and O–H groups in total. The van der Waals surface area contributed by atoms with Gasteiger partial charge in [-0.2, -0.15) is 0 Å². The third kappa shape index (κ3) is 5.05. The molecule has 0 spiro atoms. The van der Waals surface area contributed by atoms with Gasteiger partial charge in [0.2, 0.25) is 0 Å². The minimum atomic E-state index is -0.708. The van der Waals surface area contributed by atoms with E-state index in [1.165, 1.54) is 0 Å². The number of anilines is 3. The van der Waals surface area contributed by atoms with Gasteiger partial charge < -0.3 is 25.8 Å². The summed E-state index contributed by atoms with van der Waals surface area (Å²) >= 11 is 6.20. The van der Waals surface area contributed by atoms with Crippen molar-refractivity contribution in [1.29, 1.82) is 0 Å². The Balaban J connectivity index is 2.00. The first-order chi connectivity index (χ1) is 14.7. The Hall–Kier alpha value is -2.91. The second-order valence-corrected chi connectivity index (χ2v) is 8.08. The lowest BCUT2D eigenvalue weighted by molar-refractivity contribution is 0.0827. The number of primary amides is 1. The van der Waals surface area contributed by atoms with E-state index in [1.54, 1.807) is 25.1 Å². The minimum Gasteiger partial charge on any atom is -0.368 e. The second-order valence-electron chi connectivity index (χ2n) is 7.72. The normalized spacial score (nSPS) is 14.4. The molecule has 10 heteroatoms. The summed E-state index contributed by atoms with van der Waals surface area (Å²) in [6.07, 6.45) is 0.521. The van der Waals surface area contributed by atoms with Crippen LogP contribution in [-0.4, -0.2) is 78.9 Å². The minimum absolute atomic E-state index is 0.00452. The lowest BCUT2D eigenvalue weighted by Gasteiger charge is -2.35. The topological polar surface area (TPSA) is 108 Å². The van der Waals surface area contributed by atoms with Gasteiger partial charge >= 0.3 is 0 Å². The van der Waals surface area contributed by atoms with Crippen LogP contribution >= 0.6 is 11.6 Å². The highest BCUT2D eigenvalue weighted by Crippen LogP contribution is 2.29. The maximum absolute atomic E-state index is 12.9. The van der Waals surface area contributed by atoms with Gasteiger partial charge in [-0.1, -0.05) is 18.5 Å². The summed E-state index contributed by atoms with van der Waals surface area (Å²) in [5.41, 5.74) is 8.01. The number of aryl methyl sites for hydroxylation is 1. The average Bonchev–Trinajstić information content (AvgIpc) is 2.73. The molecule has 0 radical (unpaired) electrons. The van der Waals surface area contributed by atoms with Crippen molar-refractivity contribution in [3.63, 3.8) is 0 Å². The van der Waals surface area contributed by atoms with E-state index < -0.39 is 5.91 Å². The SMILES string of the molecule is CCc1nc(C(N)=O)c(Nc2ccc(N3CCN(C)CC3)c(C(=O)N(C)C)c2)nc1Cl. The van der Waals surface area contributed by atoms with Gasteiger partial charge in [0.15, 0.2) is 16.7 Å². The number of nitrogens with one attached hydrogen (secondary N) is 1. The molecule has 1 aliphatic heterocycles. The van der Waals surface area contributed by atoms with Crippen LogP contribution in [0.5, 0.6) is 0 Å². The van der Waals surface area contributed by atoms with Gasteiger partial charge in [0.25, 0.3) is 11.8 Å². The Bertz CT molecular complexity index is 988. The van der Waals surface area contributed by atoms with Gasteiger partial charge in [0.1, 0.15) is 0 Å². The molecular formula is C21H28ClN7O2. The average molecular weight is 446 g/mol. The van der Waals surface area contributed by atoms with E-state index in [0.717, 1.165) is 31.9 Å². The third-order valence-corrected chi connectivity index (χ3v) is 5.53. The molecule has 0 aliphatic carbocycles.